The number of likely N-dealkylation sites (tertiary alicyclic amines) is 1. The fourth-order valence-electron chi connectivity index (χ4n) is 2.28. The normalized spacial score (nSPS) is 19.8. The van der Waals surface area contributed by atoms with Crippen LogP contribution in [0.25, 0.3) is 0 Å². The van der Waals surface area contributed by atoms with E-state index in [0.29, 0.717) is 30.7 Å². The molecule has 1 aromatic rings. The second kappa shape index (κ2) is 5.20. The maximum atomic E-state index is 12.3. The Morgan fingerprint density at radius 3 is 3.00 bits per heavy atom. The second-order valence-corrected chi connectivity index (χ2v) is 4.36. The molecule has 0 radical (unpaired) electrons. The van der Waals surface area contributed by atoms with Gasteiger partial charge >= 0.3 is 5.97 Å². The van der Waals surface area contributed by atoms with Gasteiger partial charge in [-0.25, -0.2) is 4.79 Å². The number of carbonyl (C=O) groups excluding carboxylic acids is 1. The Hall–Kier alpha value is -1.85. The van der Waals surface area contributed by atoms with Crippen molar-refractivity contribution in [2.75, 3.05) is 6.54 Å². The van der Waals surface area contributed by atoms with Crippen LogP contribution < -0.4 is 0 Å². The average Bonchev–Trinajstić information content (AvgIpc) is 2.86. The van der Waals surface area contributed by atoms with Gasteiger partial charge in [-0.2, -0.15) is 0 Å². The first-order valence-electron chi connectivity index (χ1n) is 6.12. The van der Waals surface area contributed by atoms with E-state index < -0.39 is 12.0 Å². The van der Waals surface area contributed by atoms with E-state index in [-0.39, 0.29) is 5.91 Å². The lowest BCUT2D eigenvalue weighted by molar-refractivity contribution is -0.143. The van der Waals surface area contributed by atoms with Gasteiger partial charge in [-0.1, -0.05) is 12.1 Å². The van der Waals surface area contributed by atoms with E-state index in [9.17, 15) is 9.59 Å². The molecule has 1 aliphatic heterocycles. The number of rotatable bonds is 3. The van der Waals surface area contributed by atoms with Crippen molar-refractivity contribution in [3.05, 3.63) is 17.5 Å². The van der Waals surface area contributed by atoms with Crippen LogP contribution in [-0.4, -0.2) is 39.6 Å². The number of carboxylic acids is 1. The lowest BCUT2D eigenvalue weighted by atomic mass is 10.0. The summed E-state index contributed by atoms with van der Waals surface area (Å²) in [7, 11) is 0. The van der Waals surface area contributed by atoms with Crippen LogP contribution in [0, 0.1) is 0 Å². The number of hydrogen-bond acceptors (Lipinski definition) is 4. The minimum Gasteiger partial charge on any atom is -0.480 e. The summed E-state index contributed by atoms with van der Waals surface area (Å²) in [6, 6.07) is -0.731. The SMILES string of the molecule is CCc1oncc1C(=O)N1CCCCC1C(=O)O. The zero-order valence-corrected chi connectivity index (χ0v) is 10.3. The van der Waals surface area contributed by atoms with Crippen LogP contribution in [0.1, 0.15) is 42.3 Å². The number of aromatic nitrogens is 1. The molecule has 1 atom stereocenters. The first kappa shape index (κ1) is 12.6. The van der Waals surface area contributed by atoms with Gasteiger partial charge in [0.1, 0.15) is 17.4 Å². The third-order valence-electron chi connectivity index (χ3n) is 3.25. The summed E-state index contributed by atoms with van der Waals surface area (Å²) in [5.74, 6) is -0.729. The number of aryl methyl sites for hydroxylation is 1. The Balaban J connectivity index is 2.23. The molecule has 6 nitrogen and oxygen atoms in total. The molecule has 1 aromatic heterocycles. The minimum atomic E-state index is -0.947. The molecule has 1 unspecified atom stereocenters. The number of carboxylic acid groups (broad SMARTS) is 1. The van der Waals surface area contributed by atoms with Gasteiger partial charge in [0.05, 0.1) is 6.20 Å². The molecule has 0 aliphatic carbocycles. The maximum absolute atomic E-state index is 12.3. The van der Waals surface area contributed by atoms with Crippen LogP contribution in [0.4, 0.5) is 0 Å². The van der Waals surface area contributed by atoms with E-state index in [1.54, 1.807) is 0 Å². The van der Waals surface area contributed by atoms with Gasteiger partial charge in [-0.15, -0.1) is 0 Å². The Kier molecular flexibility index (Phi) is 3.64. The third-order valence-corrected chi connectivity index (χ3v) is 3.25. The highest BCUT2D eigenvalue weighted by Gasteiger charge is 2.33. The standard InChI is InChI=1S/C12H16N2O4/c1-2-10-8(7-13-18-10)11(15)14-6-4-3-5-9(14)12(16)17/h7,9H,2-6H2,1H3,(H,16,17). The highest BCUT2D eigenvalue weighted by molar-refractivity contribution is 5.97. The van der Waals surface area contributed by atoms with Crippen molar-refractivity contribution in [1.82, 2.24) is 10.1 Å². The number of nitrogens with zero attached hydrogens (tertiary/aromatic N) is 2. The van der Waals surface area contributed by atoms with E-state index >= 15 is 0 Å². The molecule has 2 heterocycles. The fraction of sp³-hybridized carbons (Fsp3) is 0.583. The Bertz CT molecular complexity index is 455. The summed E-state index contributed by atoms with van der Waals surface area (Å²) < 4.78 is 4.98. The summed E-state index contributed by atoms with van der Waals surface area (Å²) >= 11 is 0. The molecule has 2 rings (SSSR count). The van der Waals surface area contributed by atoms with E-state index in [2.05, 4.69) is 5.16 Å². The number of hydrogen-bond donors (Lipinski definition) is 1. The molecule has 1 N–H and O–H groups in total. The minimum absolute atomic E-state index is 0.291. The molecule has 0 spiro atoms. The lowest BCUT2D eigenvalue weighted by Gasteiger charge is -2.32. The maximum Gasteiger partial charge on any atom is 0.326 e. The molecular weight excluding hydrogens is 236 g/mol. The molecule has 6 heteroatoms. The number of amides is 1. The summed E-state index contributed by atoms with van der Waals surface area (Å²) in [5.41, 5.74) is 0.380. The second-order valence-electron chi connectivity index (χ2n) is 4.36. The van der Waals surface area contributed by atoms with Gasteiger partial charge in [0.15, 0.2) is 0 Å². The smallest absolute Gasteiger partial charge is 0.326 e. The van der Waals surface area contributed by atoms with Gasteiger partial charge in [0, 0.05) is 13.0 Å². The quantitative estimate of drug-likeness (QED) is 0.877. The largest absolute Gasteiger partial charge is 0.480 e. The van der Waals surface area contributed by atoms with Crippen molar-refractivity contribution < 1.29 is 19.2 Å². The first-order chi connectivity index (χ1) is 8.65. The van der Waals surface area contributed by atoms with Crippen molar-refractivity contribution in [2.24, 2.45) is 0 Å². The summed E-state index contributed by atoms with van der Waals surface area (Å²) in [4.78, 5) is 24.9. The van der Waals surface area contributed by atoms with Crippen molar-refractivity contribution in [3.63, 3.8) is 0 Å². The topological polar surface area (TPSA) is 83.6 Å². The molecule has 18 heavy (non-hydrogen) atoms. The Labute approximate surface area is 105 Å². The molecule has 1 amide bonds. The molecule has 0 bridgehead atoms. The average molecular weight is 252 g/mol. The Morgan fingerprint density at radius 2 is 2.33 bits per heavy atom. The van der Waals surface area contributed by atoms with Crippen LogP contribution in [0.15, 0.2) is 10.7 Å². The highest BCUT2D eigenvalue weighted by atomic mass is 16.5. The van der Waals surface area contributed by atoms with Crippen molar-refractivity contribution in [2.45, 2.75) is 38.6 Å². The molecule has 1 fully saturated rings. The lowest BCUT2D eigenvalue weighted by Crippen LogP contribution is -2.48. The summed E-state index contributed by atoms with van der Waals surface area (Å²) in [6.07, 6.45) is 4.11. The highest BCUT2D eigenvalue weighted by Crippen LogP contribution is 2.21. The zero-order chi connectivity index (χ0) is 13.1. The van der Waals surface area contributed by atoms with Crippen LogP contribution in [0.3, 0.4) is 0 Å². The van der Waals surface area contributed by atoms with Gasteiger partial charge in [0.25, 0.3) is 5.91 Å². The van der Waals surface area contributed by atoms with Crippen LogP contribution in [0.5, 0.6) is 0 Å². The van der Waals surface area contributed by atoms with Gasteiger partial charge in [-0.3, -0.25) is 4.79 Å². The third kappa shape index (κ3) is 2.23. The summed E-state index contributed by atoms with van der Waals surface area (Å²) in [5, 5.41) is 12.8. The molecule has 1 aliphatic rings. The number of aliphatic carboxylic acids is 1. The van der Waals surface area contributed by atoms with Crippen LogP contribution >= 0.6 is 0 Å². The first-order valence-corrected chi connectivity index (χ1v) is 6.12. The molecule has 0 aromatic carbocycles. The Morgan fingerprint density at radius 1 is 1.56 bits per heavy atom. The number of piperidine rings is 1. The van der Waals surface area contributed by atoms with Gasteiger partial charge < -0.3 is 14.5 Å². The van der Waals surface area contributed by atoms with Crippen molar-refractivity contribution >= 4 is 11.9 Å². The van der Waals surface area contributed by atoms with E-state index in [4.69, 9.17) is 9.63 Å². The van der Waals surface area contributed by atoms with E-state index in [1.807, 2.05) is 6.92 Å². The molecule has 1 saturated heterocycles. The zero-order valence-electron chi connectivity index (χ0n) is 10.3. The van der Waals surface area contributed by atoms with Crippen LogP contribution in [0.2, 0.25) is 0 Å². The van der Waals surface area contributed by atoms with E-state index in [1.165, 1.54) is 11.1 Å². The predicted octanol–water partition coefficient (Wildman–Crippen LogP) is 1.32. The molecular formula is C12H16N2O4. The van der Waals surface area contributed by atoms with E-state index in [0.717, 1.165) is 12.8 Å². The predicted molar refractivity (Wildman–Crippen MR) is 62.2 cm³/mol. The van der Waals surface area contributed by atoms with Crippen molar-refractivity contribution in [1.29, 1.82) is 0 Å². The van der Waals surface area contributed by atoms with Gasteiger partial charge in [0.2, 0.25) is 0 Å². The molecule has 98 valence electrons. The van der Waals surface area contributed by atoms with Crippen molar-refractivity contribution in [3.8, 4) is 0 Å². The van der Waals surface area contributed by atoms with Crippen LogP contribution in [-0.2, 0) is 11.2 Å². The summed E-state index contributed by atoms with van der Waals surface area (Å²) in [6.45, 7) is 2.34. The fourth-order valence-corrected chi connectivity index (χ4v) is 2.28. The van der Waals surface area contributed by atoms with Gasteiger partial charge in [-0.05, 0) is 19.3 Å². The molecule has 0 saturated carbocycles. The number of carbonyl (C=O) groups is 2. The monoisotopic (exact) mass is 252 g/mol.